The average molecular weight is 800 g/mol. The van der Waals surface area contributed by atoms with E-state index in [-0.39, 0.29) is 35.5 Å². The molecule has 0 radical (unpaired) electrons. The van der Waals surface area contributed by atoms with Crippen LogP contribution in [0.25, 0.3) is 0 Å². The Hall–Kier alpha value is -3.60. The zero-order valence-corrected chi connectivity index (χ0v) is 32.6. The molecule has 0 bridgehead atoms. The van der Waals surface area contributed by atoms with Gasteiger partial charge < -0.3 is 9.64 Å². The molecule has 286 valence electrons. The van der Waals surface area contributed by atoms with Gasteiger partial charge in [-0.3, -0.25) is 19.6 Å². The molecule has 12 heteroatoms. The summed E-state index contributed by atoms with van der Waals surface area (Å²) in [5, 5.41) is 1.07. The van der Waals surface area contributed by atoms with Gasteiger partial charge in [-0.05, 0) is 137 Å². The predicted octanol–water partition coefficient (Wildman–Crippen LogP) is 10.7. The van der Waals surface area contributed by atoms with E-state index in [1.54, 1.807) is 43.0 Å². The summed E-state index contributed by atoms with van der Waals surface area (Å²) < 4.78 is 47.9. The molecule has 4 aromatic carbocycles. The molecular weight excluding hydrogens is 756 g/mol. The van der Waals surface area contributed by atoms with Gasteiger partial charge in [-0.2, -0.15) is 13.2 Å². The summed E-state index contributed by atoms with van der Waals surface area (Å²) in [6.45, 7) is 8.80. The number of aliphatic imine (C=N–C) groups is 1. The summed E-state index contributed by atoms with van der Waals surface area (Å²) in [5.41, 5.74) is 2.51. The number of halogens is 6. The van der Waals surface area contributed by atoms with Gasteiger partial charge in [-0.1, -0.05) is 59.6 Å². The number of hydrogen-bond acceptors (Lipinski definition) is 5. The standard InChI is InChI=1S/C42H43Cl2F3N4O2.ClH/c1-27(2)53-37-25-32(42(45,46)47)13-18-36(37)40-48-38(29-9-14-33(43)15-10-29)39(30-11-16-34(44)17-12-30)51(40)41(52)31-7-5-28(6-8-31)26-49-23-19-35(20-24-49)50-21-3-4-22-50;/h5-18,25,27,35,38-39H,3-4,19-24,26H2,1-2H3;1H. The number of ether oxygens (including phenoxy) is 1. The van der Waals surface area contributed by atoms with Gasteiger partial charge in [-0.25, -0.2) is 0 Å². The molecule has 0 spiro atoms. The van der Waals surface area contributed by atoms with Crippen molar-refractivity contribution < 1.29 is 22.7 Å². The normalized spacial score (nSPS) is 19.9. The third-order valence-corrected chi connectivity index (χ3v) is 10.9. The number of likely N-dealkylation sites (tertiary alicyclic amines) is 2. The number of carbonyl (C=O) groups is 1. The van der Waals surface area contributed by atoms with Crippen LogP contribution in [0, 0.1) is 0 Å². The Kier molecular flexibility index (Phi) is 12.6. The highest BCUT2D eigenvalue weighted by molar-refractivity contribution is 6.30. The molecule has 0 saturated carbocycles. The van der Waals surface area contributed by atoms with Crippen molar-refractivity contribution in [2.75, 3.05) is 26.2 Å². The van der Waals surface area contributed by atoms with E-state index in [1.165, 1.54) is 44.8 Å². The highest BCUT2D eigenvalue weighted by atomic mass is 35.5. The molecule has 7 rings (SSSR count). The number of amidine groups is 1. The van der Waals surface area contributed by atoms with Crippen molar-refractivity contribution in [2.45, 2.75) is 76.5 Å². The van der Waals surface area contributed by atoms with Crippen LogP contribution in [0.1, 0.15) is 89.8 Å². The Labute approximate surface area is 331 Å². The van der Waals surface area contributed by atoms with Crippen LogP contribution in [0.2, 0.25) is 10.0 Å². The van der Waals surface area contributed by atoms with Crippen molar-refractivity contribution >= 4 is 47.4 Å². The Morgan fingerprint density at radius 2 is 1.43 bits per heavy atom. The fourth-order valence-corrected chi connectivity index (χ4v) is 8.05. The highest BCUT2D eigenvalue weighted by Crippen LogP contribution is 2.46. The molecule has 1 amide bonds. The van der Waals surface area contributed by atoms with Gasteiger partial charge in [-0.15, -0.1) is 12.4 Å². The second-order valence-corrected chi connectivity index (χ2v) is 15.3. The van der Waals surface area contributed by atoms with Gasteiger partial charge in [0.25, 0.3) is 5.91 Å². The van der Waals surface area contributed by atoms with E-state index < -0.39 is 29.9 Å². The number of carbonyl (C=O) groups excluding carboxylic acids is 1. The van der Waals surface area contributed by atoms with Crippen LogP contribution in [0.3, 0.4) is 0 Å². The molecule has 6 nitrogen and oxygen atoms in total. The van der Waals surface area contributed by atoms with Gasteiger partial charge in [0.2, 0.25) is 0 Å². The third kappa shape index (κ3) is 8.92. The van der Waals surface area contributed by atoms with Crippen LogP contribution in [0.4, 0.5) is 13.2 Å². The summed E-state index contributed by atoms with van der Waals surface area (Å²) >= 11 is 12.6. The molecule has 3 aliphatic rings. The molecule has 2 atom stereocenters. The molecule has 0 aliphatic carbocycles. The Bertz CT molecular complexity index is 1920. The molecular formula is C42H44Cl3F3N4O2. The molecule has 0 aromatic heterocycles. The first-order chi connectivity index (χ1) is 25.4. The van der Waals surface area contributed by atoms with Crippen LogP contribution >= 0.6 is 35.6 Å². The first-order valence-corrected chi connectivity index (χ1v) is 19.1. The molecule has 2 unspecified atom stereocenters. The van der Waals surface area contributed by atoms with Crippen LogP contribution < -0.4 is 4.74 Å². The molecule has 0 N–H and O–H groups in total. The van der Waals surface area contributed by atoms with E-state index in [9.17, 15) is 18.0 Å². The van der Waals surface area contributed by atoms with E-state index in [0.717, 1.165) is 48.5 Å². The van der Waals surface area contributed by atoms with Crippen molar-refractivity contribution in [2.24, 2.45) is 4.99 Å². The van der Waals surface area contributed by atoms with Crippen molar-refractivity contribution in [3.63, 3.8) is 0 Å². The van der Waals surface area contributed by atoms with Crippen LogP contribution in [0.15, 0.2) is 96.0 Å². The molecule has 3 heterocycles. The van der Waals surface area contributed by atoms with E-state index in [4.69, 9.17) is 32.9 Å². The summed E-state index contributed by atoms with van der Waals surface area (Å²) in [6, 6.07) is 24.8. The number of hydrogen-bond donors (Lipinski definition) is 0. The van der Waals surface area contributed by atoms with Crippen molar-refractivity contribution in [3.8, 4) is 5.75 Å². The minimum Gasteiger partial charge on any atom is -0.490 e. The minimum atomic E-state index is -4.59. The van der Waals surface area contributed by atoms with Gasteiger partial charge in [0.1, 0.15) is 17.6 Å². The second kappa shape index (κ2) is 17.0. The number of nitrogens with zero attached hydrogens (tertiary/aromatic N) is 4. The van der Waals surface area contributed by atoms with Gasteiger partial charge in [0.15, 0.2) is 0 Å². The minimum absolute atomic E-state index is 0. The van der Waals surface area contributed by atoms with Gasteiger partial charge in [0, 0.05) is 28.2 Å². The zero-order chi connectivity index (χ0) is 37.3. The Balaban J connectivity index is 0.00000497. The topological polar surface area (TPSA) is 48.4 Å². The number of alkyl halides is 3. The van der Waals surface area contributed by atoms with Crippen molar-refractivity contribution in [3.05, 3.63) is 134 Å². The van der Waals surface area contributed by atoms with E-state index in [1.807, 2.05) is 48.5 Å². The summed E-state index contributed by atoms with van der Waals surface area (Å²) in [6.07, 6.45) is -0.0994. The van der Waals surface area contributed by atoms with E-state index in [2.05, 4.69) is 9.80 Å². The fourth-order valence-electron chi connectivity index (χ4n) is 7.80. The average Bonchev–Trinajstić information content (AvgIpc) is 3.82. The monoisotopic (exact) mass is 798 g/mol. The predicted molar refractivity (Wildman–Crippen MR) is 211 cm³/mol. The maximum atomic E-state index is 14.9. The number of rotatable bonds is 9. The van der Waals surface area contributed by atoms with Crippen LogP contribution in [0.5, 0.6) is 5.75 Å². The quantitative estimate of drug-likeness (QED) is 0.169. The van der Waals surface area contributed by atoms with Crippen molar-refractivity contribution in [1.29, 1.82) is 0 Å². The first kappa shape index (κ1) is 40.1. The number of amides is 1. The Morgan fingerprint density at radius 1 is 0.833 bits per heavy atom. The lowest BCUT2D eigenvalue weighted by Gasteiger charge is -2.36. The van der Waals surface area contributed by atoms with Gasteiger partial charge in [0.05, 0.1) is 23.3 Å². The lowest BCUT2D eigenvalue weighted by Crippen LogP contribution is -2.43. The Morgan fingerprint density at radius 3 is 2.00 bits per heavy atom. The largest absolute Gasteiger partial charge is 0.490 e. The van der Waals surface area contributed by atoms with Crippen molar-refractivity contribution in [1.82, 2.24) is 14.7 Å². The van der Waals surface area contributed by atoms with Crippen LogP contribution in [-0.4, -0.2) is 64.8 Å². The lowest BCUT2D eigenvalue weighted by atomic mass is 9.93. The smallest absolute Gasteiger partial charge is 0.416 e. The summed E-state index contributed by atoms with van der Waals surface area (Å²) in [7, 11) is 0. The number of benzene rings is 4. The maximum Gasteiger partial charge on any atom is 0.416 e. The maximum absolute atomic E-state index is 14.9. The summed E-state index contributed by atoms with van der Waals surface area (Å²) in [5.74, 6) is -0.139. The third-order valence-electron chi connectivity index (χ3n) is 10.4. The number of piperidine rings is 1. The lowest BCUT2D eigenvalue weighted by molar-refractivity contribution is -0.137. The van der Waals surface area contributed by atoms with Crippen LogP contribution in [-0.2, 0) is 12.7 Å². The summed E-state index contributed by atoms with van der Waals surface area (Å²) in [4.78, 5) is 26.7. The zero-order valence-electron chi connectivity index (χ0n) is 30.2. The fraction of sp³-hybridized carbons (Fsp3) is 0.381. The highest BCUT2D eigenvalue weighted by Gasteiger charge is 2.44. The molecule has 3 aliphatic heterocycles. The second-order valence-electron chi connectivity index (χ2n) is 14.4. The molecule has 54 heavy (non-hydrogen) atoms. The van der Waals surface area contributed by atoms with E-state index >= 15 is 0 Å². The van der Waals surface area contributed by atoms with Gasteiger partial charge >= 0.3 is 6.18 Å². The molecule has 2 fully saturated rings. The SMILES string of the molecule is CC(C)Oc1cc(C(F)(F)F)ccc1C1=NC(c2ccc(Cl)cc2)C(c2ccc(Cl)cc2)N1C(=O)c1ccc(CN2CCC(N3CCCC3)CC2)cc1.Cl. The molecule has 4 aromatic rings. The van der Waals surface area contributed by atoms with E-state index in [0.29, 0.717) is 21.7 Å². The molecule has 2 saturated heterocycles. The first-order valence-electron chi connectivity index (χ1n) is 18.3.